The van der Waals surface area contributed by atoms with Crippen LogP contribution in [0.5, 0.6) is 0 Å². The molecule has 0 saturated carbocycles. The summed E-state index contributed by atoms with van der Waals surface area (Å²) in [5.41, 5.74) is 5.49. The Labute approximate surface area is 98.6 Å². The molecule has 1 heterocycles. The molecule has 1 fully saturated rings. The Morgan fingerprint density at radius 2 is 1.81 bits per heavy atom. The van der Waals surface area contributed by atoms with Crippen LogP contribution in [0.4, 0.5) is 0 Å². The van der Waals surface area contributed by atoms with E-state index in [0.717, 1.165) is 25.9 Å². The van der Waals surface area contributed by atoms with Gasteiger partial charge < -0.3 is 16.0 Å². The molecule has 1 rings (SSSR count). The Hall–Kier alpha value is -0.610. The number of amides is 1. The van der Waals surface area contributed by atoms with Gasteiger partial charge in [-0.2, -0.15) is 0 Å². The van der Waals surface area contributed by atoms with Crippen LogP contribution < -0.4 is 11.1 Å². The van der Waals surface area contributed by atoms with Gasteiger partial charge in [0.2, 0.25) is 5.91 Å². The van der Waals surface area contributed by atoms with Gasteiger partial charge in [0, 0.05) is 24.7 Å². The predicted molar refractivity (Wildman–Crippen MR) is 66.1 cm³/mol. The maximum absolute atomic E-state index is 11.6. The summed E-state index contributed by atoms with van der Waals surface area (Å²) in [5, 5.41) is 3.06. The van der Waals surface area contributed by atoms with Gasteiger partial charge in [0.1, 0.15) is 0 Å². The second-order valence-corrected chi connectivity index (χ2v) is 5.47. The third-order valence-electron chi connectivity index (χ3n) is 3.47. The Bertz CT molecular complexity index is 243. The Kier molecular flexibility index (Phi) is 4.33. The molecule has 1 atom stereocenters. The molecule has 0 aromatic heterocycles. The zero-order valence-electron chi connectivity index (χ0n) is 10.9. The summed E-state index contributed by atoms with van der Waals surface area (Å²) in [6, 6.07) is 0.175. The van der Waals surface area contributed by atoms with Crippen molar-refractivity contribution >= 4 is 5.91 Å². The van der Waals surface area contributed by atoms with Crippen LogP contribution in [0, 0.1) is 0 Å². The molecular weight excluding hydrogens is 202 g/mol. The summed E-state index contributed by atoms with van der Waals surface area (Å²) in [7, 11) is 0. The fourth-order valence-electron chi connectivity index (χ4n) is 2.07. The summed E-state index contributed by atoms with van der Waals surface area (Å²) in [4.78, 5) is 14.0. The van der Waals surface area contributed by atoms with Gasteiger partial charge in [-0.25, -0.2) is 0 Å². The largest absolute Gasteiger partial charge is 0.350 e. The maximum atomic E-state index is 11.6. The lowest BCUT2D eigenvalue weighted by Gasteiger charge is -2.41. The quantitative estimate of drug-likeness (QED) is 0.746. The Morgan fingerprint density at radius 1 is 1.31 bits per heavy atom. The van der Waals surface area contributed by atoms with Crippen molar-refractivity contribution < 1.29 is 4.79 Å². The maximum Gasteiger partial charge on any atom is 0.237 e. The van der Waals surface area contributed by atoms with E-state index in [2.05, 4.69) is 31.0 Å². The monoisotopic (exact) mass is 227 g/mol. The van der Waals surface area contributed by atoms with Crippen molar-refractivity contribution in [3.63, 3.8) is 0 Å². The first-order valence-electron chi connectivity index (χ1n) is 6.16. The number of hydrogen-bond acceptors (Lipinski definition) is 3. The number of rotatable bonds is 3. The van der Waals surface area contributed by atoms with Gasteiger partial charge in [-0.3, -0.25) is 4.79 Å². The molecule has 16 heavy (non-hydrogen) atoms. The summed E-state index contributed by atoms with van der Waals surface area (Å²) in [6.45, 7) is 10.4. The molecule has 94 valence electrons. The molecule has 3 N–H and O–H groups in total. The van der Waals surface area contributed by atoms with Crippen LogP contribution >= 0.6 is 0 Å². The molecule has 0 bridgehead atoms. The van der Waals surface area contributed by atoms with E-state index in [4.69, 9.17) is 5.73 Å². The van der Waals surface area contributed by atoms with Crippen molar-refractivity contribution in [2.75, 3.05) is 13.1 Å². The standard InChI is InChI=1S/C12H25N3O/c1-9(2)15-7-5-12(4,6-8-15)14-11(16)10(3)13/h9-10H,5-8,13H2,1-4H3,(H,14,16). The van der Waals surface area contributed by atoms with Crippen LogP contribution in [0.1, 0.15) is 40.5 Å². The van der Waals surface area contributed by atoms with Crippen molar-refractivity contribution in [3.8, 4) is 0 Å². The van der Waals surface area contributed by atoms with E-state index in [-0.39, 0.29) is 11.4 Å². The van der Waals surface area contributed by atoms with Gasteiger partial charge in [0.05, 0.1) is 6.04 Å². The molecule has 1 unspecified atom stereocenters. The summed E-state index contributed by atoms with van der Waals surface area (Å²) >= 11 is 0. The smallest absolute Gasteiger partial charge is 0.237 e. The lowest BCUT2D eigenvalue weighted by molar-refractivity contribution is -0.124. The summed E-state index contributed by atoms with van der Waals surface area (Å²) < 4.78 is 0. The van der Waals surface area contributed by atoms with Gasteiger partial charge in [-0.1, -0.05) is 0 Å². The SMILES string of the molecule is CC(N)C(=O)NC1(C)CCN(C(C)C)CC1. The first kappa shape index (κ1) is 13.5. The predicted octanol–water partition coefficient (Wildman–Crippen LogP) is 0.713. The minimum absolute atomic E-state index is 0.0412. The summed E-state index contributed by atoms with van der Waals surface area (Å²) in [5.74, 6) is -0.0412. The zero-order valence-corrected chi connectivity index (χ0v) is 10.9. The van der Waals surface area contributed by atoms with E-state index >= 15 is 0 Å². The van der Waals surface area contributed by atoms with Gasteiger partial charge >= 0.3 is 0 Å². The number of likely N-dealkylation sites (tertiary alicyclic amines) is 1. The summed E-state index contributed by atoms with van der Waals surface area (Å²) in [6.07, 6.45) is 2.01. The molecule has 0 aromatic rings. The van der Waals surface area contributed by atoms with Crippen LogP contribution in [0.25, 0.3) is 0 Å². The lowest BCUT2D eigenvalue weighted by atomic mass is 9.88. The second kappa shape index (κ2) is 5.15. The lowest BCUT2D eigenvalue weighted by Crippen LogP contribution is -2.57. The molecule has 1 aliphatic heterocycles. The fourth-order valence-corrected chi connectivity index (χ4v) is 2.07. The number of carbonyl (C=O) groups excluding carboxylic acids is 1. The average molecular weight is 227 g/mol. The van der Waals surface area contributed by atoms with Crippen LogP contribution in [0.2, 0.25) is 0 Å². The van der Waals surface area contributed by atoms with E-state index < -0.39 is 6.04 Å². The molecule has 1 amide bonds. The highest BCUT2D eigenvalue weighted by Crippen LogP contribution is 2.22. The highest BCUT2D eigenvalue weighted by molar-refractivity contribution is 5.81. The second-order valence-electron chi connectivity index (χ2n) is 5.47. The molecule has 0 aliphatic carbocycles. The van der Waals surface area contributed by atoms with E-state index in [9.17, 15) is 4.79 Å². The van der Waals surface area contributed by atoms with Crippen molar-refractivity contribution in [2.24, 2.45) is 5.73 Å². The molecule has 4 heteroatoms. The van der Waals surface area contributed by atoms with Crippen molar-refractivity contribution in [1.29, 1.82) is 0 Å². The number of nitrogens with one attached hydrogen (secondary N) is 1. The Morgan fingerprint density at radius 3 is 2.19 bits per heavy atom. The fraction of sp³-hybridized carbons (Fsp3) is 0.917. The first-order chi connectivity index (χ1) is 7.34. The van der Waals surface area contributed by atoms with Gasteiger partial charge in [0.15, 0.2) is 0 Å². The van der Waals surface area contributed by atoms with Crippen LogP contribution in [-0.4, -0.2) is 41.5 Å². The average Bonchev–Trinajstić information content (AvgIpc) is 2.17. The van der Waals surface area contributed by atoms with E-state index in [1.54, 1.807) is 6.92 Å². The Balaban J connectivity index is 2.47. The zero-order chi connectivity index (χ0) is 12.3. The highest BCUT2D eigenvalue weighted by Gasteiger charge is 2.32. The topological polar surface area (TPSA) is 58.4 Å². The van der Waals surface area contributed by atoms with Crippen molar-refractivity contribution in [1.82, 2.24) is 10.2 Å². The number of piperidine rings is 1. The van der Waals surface area contributed by atoms with Gasteiger partial charge in [-0.15, -0.1) is 0 Å². The third-order valence-corrected chi connectivity index (χ3v) is 3.47. The number of hydrogen-bond donors (Lipinski definition) is 2. The first-order valence-corrected chi connectivity index (χ1v) is 6.16. The molecule has 0 spiro atoms. The highest BCUT2D eigenvalue weighted by atomic mass is 16.2. The molecule has 1 aliphatic rings. The number of carbonyl (C=O) groups is 1. The van der Waals surface area contributed by atoms with Gasteiger partial charge in [0.25, 0.3) is 0 Å². The van der Waals surface area contributed by atoms with E-state index in [1.165, 1.54) is 0 Å². The van der Waals surface area contributed by atoms with Crippen LogP contribution in [0.3, 0.4) is 0 Å². The van der Waals surface area contributed by atoms with Crippen molar-refractivity contribution in [2.45, 2.75) is 58.2 Å². The molecule has 0 aromatic carbocycles. The van der Waals surface area contributed by atoms with Crippen molar-refractivity contribution in [3.05, 3.63) is 0 Å². The third kappa shape index (κ3) is 3.46. The van der Waals surface area contributed by atoms with Crippen LogP contribution in [-0.2, 0) is 4.79 Å². The van der Waals surface area contributed by atoms with E-state index in [1.807, 2.05) is 0 Å². The molecule has 1 saturated heterocycles. The molecule has 0 radical (unpaired) electrons. The van der Waals surface area contributed by atoms with E-state index in [0.29, 0.717) is 6.04 Å². The minimum Gasteiger partial charge on any atom is -0.350 e. The normalized spacial score (nSPS) is 23.1. The minimum atomic E-state index is -0.417. The number of nitrogens with two attached hydrogens (primary N) is 1. The molecular formula is C12H25N3O. The molecule has 4 nitrogen and oxygen atoms in total. The van der Waals surface area contributed by atoms with Crippen LogP contribution in [0.15, 0.2) is 0 Å². The van der Waals surface area contributed by atoms with Gasteiger partial charge in [-0.05, 0) is 40.5 Å². The number of nitrogens with zero attached hydrogens (tertiary/aromatic N) is 1.